The van der Waals surface area contributed by atoms with E-state index in [9.17, 15) is 10.1 Å². The standard InChI is InChI=1S/C22H25N3OS2/c1-13-2-5-15-17(11-23)22(28-19(15)10-13)24-20(26)12-25-8-6-18-16(7-9-27-18)21(25)14-3-4-14/h7,9,13-14,21H,2-6,8,10,12H2,1H3,(H,24,26)/p+1/t13-,21+/m1/s1. The van der Waals surface area contributed by atoms with Gasteiger partial charge in [-0.25, -0.2) is 0 Å². The van der Waals surface area contributed by atoms with Crippen molar-refractivity contribution in [3.05, 3.63) is 37.9 Å². The van der Waals surface area contributed by atoms with E-state index in [1.54, 1.807) is 11.3 Å². The van der Waals surface area contributed by atoms with Gasteiger partial charge in [0.15, 0.2) is 6.54 Å². The molecule has 0 saturated heterocycles. The van der Waals surface area contributed by atoms with Crippen LogP contribution in [-0.2, 0) is 24.1 Å². The van der Waals surface area contributed by atoms with Gasteiger partial charge in [-0.2, -0.15) is 5.26 Å². The molecule has 28 heavy (non-hydrogen) atoms. The fourth-order valence-corrected chi connectivity index (χ4v) is 7.34. The summed E-state index contributed by atoms with van der Waals surface area (Å²) in [6, 6.07) is 5.12. The van der Waals surface area contributed by atoms with Crippen LogP contribution in [0.15, 0.2) is 11.4 Å². The highest BCUT2D eigenvalue weighted by atomic mass is 32.1. The lowest BCUT2D eigenvalue weighted by Crippen LogP contribution is -3.14. The smallest absolute Gasteiger partial charge is 0.280 e. The maximum absolute atomic E-state index is 12.9. The summed E-state index contributed by atoms with van der Waals surface area (Å²) in [4.78, 5) is 17.2. The summed E-state index contributed by atoms with van der Waals surface area (Å²) in [6.07, 6.45) is 6.79. The second-order valence-electron chi connectivity index (χ2n) is 8.67. The van der Waals surface area contributed by atoms with E-state index in [1.807, 2.05) is 11.3 Å². The van der Waals surface area contributed by atoms with Crippen LogP contribution in [0.4, 0.5) is 5.00 Å². The number of hydrogen-bond acceptors (Lipinski definition) is 4. The highest BCUT2D eigenvalue weighted by molar-refractivity contribution is 7.16. The minimum Gasteiger partial charge on any atom is -0.320 e. The quantitative estimate of drug-likeness (QED) is 0.809. The number of thiophene rings is 2. The normalized spacial score (nSPS) is 26.2. The molecular weight excluding hydrogens is 386 g/mol. The van der Waals surface area contributed by atoms with Gasteiger partial charge < -0.3 is 10.2 Å². The van der Waals surface area contributed by atoms with Gasteiger partial charge in [0.25, 0.3) is 5.91 Å². The third-order valence-electron chi connectivity index (χ3n) is 6.59. The van der Waals surface area contributed by atoms with Crippen LogP contribution in [0.1, 0.15) is 58.7 Å². The zero-order valence-electron chi connectivity index (χ0n) is 16.2. The molecule has 1 fully saturated rings. The number of nitrogens with one attached hydrogen (secondary N) is 2. The van der Waals surface area contributed by atoms with Crippen LogP contribution < -0.4 is 10.2 Å². The fourth-order valence-electron chi connectivity index (χ4n) is 5.03. The summed E-state index contributed by atoms with van der Waals surface area (Å²) in [5.74, 6) is 1.46. The molecule has 3 heterocycles. The van der Waals surface area contributed by atoms with E-state index in [-0.39, 0.29) is 5.91 Å². The number of carbonyl (C=O) groups excluding carboxylic acids is 1. The van der Waals surface area contributed by atoms with Gasteiger partial charge in [0.2, 0.25) is 0 Å². The molecule has 2 N–H and O–H groups in total. The van der Waals surface area contributed by atoms with Crippen LogP contribution in [0.2, 0.25) is 0 Å². The molecule has 1 unspecified atom stereocenters. The van der Waals surface area contributed by atoms with E-state index in [1.165, 1.54) is 38.6 Å². The van der Waals surface area contributed by atoms with Crippen molar-refractivity contribution in [1.82, 2.24) is 0 Å². The first-order valence-electron chi connectivity index (χ1n) is 10.4. The minimum absolute atomic E-state index is 0.0578. The Kier molecular flexibility index (Phi) is 4.78. The van der Waals surface area contributed by atoms with Crippen LogP contribution in [0.25, 0.3) is 0 Å². The van der Waals surface area contributed by atoms with E-state index < -0.39 is 0 Å². The molecule has 1 amide bonds. The Labute approximate surface area is 174 Å². The molecular formula is C22H26N3OS2+. The molecule has 1 aliphatic heterocycles. The number of nitriles is 1. The maximum atomic E-state index is 12.9. The average Bonchev–Trinajstić information content (AvgIpc) is 3.29. The number of amides is 1. The van der Waals surface area contributed by atoms with Crippen molar-refractivity contribution in [2.24, 2.45) is 11.8 Å². The Balaban J connectivity index is 1.32. The average molecular weight is 413 g/mol. The van der Waals surface area contributed by atoms with Crippen LogP contribution in [0, 0.1) is 23.2 Å². The van der Waals surface area contributed by atoms with Crippen molar-refractivity contribution < 1.29 is 9.69 Å². The van der Waals surface area contributed by atoms with Crippen LogP contribution in [0.5, 0.6) is 0 Å². The van der Waals surface area contributed by atoms with E-state index in [0.29, 0.717) is 24.1 Å². The monoisotopic (exact) mass is 412 g/mol. The zero-order valence-corrected chi connectivity index (χ0v) is 17.8. The molecule has 2 aliphatic carbocycles. The van der Waals surface area contributed by atoms with Crippen molar-refractivity contribution in [1.29, 1.82) is 5.26 Å². The summed E-state index contributed by atoms with van der Waals surface area (Å²) in [6.45, 7) is 3.80. The fraction of sp³-hybridized carbons (Fsp3) is 0.545. The topological polar surface area (TPSA) is 57.3 Å². The van der Waals surface area contributed by atoms with Crippen molar-refractivity contribution in [3.63, 3.8) is 0 Å². The number of carbonyl (C=O) groups is 1. The second-order valence-corrected chi connectivity index (χ2v) is 10.8. The van der Waals surface area contributed by atoms with Gasteiger partial charge in [-0.05, 0) is 55.0 Å². The SMILES string of the molecule is C[C@@H]1CCc2c(sc(NC(=O)C[NH+]3CCc4sccc4[C@@H]3C3CC3)c2C#N)C1. The summed E-state index contributed by atoms with van der Waals surface area (Å²) in [7, 11) is 0. The van der Waals surface area contributed by atoms with Crippen molar-refractivity contribution in [2.45, 2.75) is 51.5 Å². The zero-order chi connectivity index (χ0) is 19.3. The Morgan fingerprint density at radius 2 is 2.18 bits per heavy atom. The highest BCUT2D eigenvalue weighted by Crippen LogP contribution is 2.42. The molecule has 3 atom stereocenters. The van der Waals surface area contributed by atoms with Crippen LogP contribution >= 0.6 is 22.7 Å². The second kappa shape index (κ2) is 7.29. The Hall–Kier alpha value is -1.68. The number of rotatable bonds is 4. The predicted octanol–water partition coefficient (Wildman–Crippen LogP) is 3.34. The number of fused-ring (bicyclic) bond motifs is 2. The first kappa shape index (κ1) is 18.4. The molecule has 2 aromatic heterocycles. The van der Waals surface area contributed by atoms with Gasteiger partial charge in [-0.3, -0.25) is 4.79 Å². The summed E-state index contributed by atoms with van der Waals surface area (Å²) in [5.41, 5.74) is 3.39. The molecule has 146 valence electrons. The lowest BCUT2D eigenvalue weighted by atomic mass is 9.89. The maximum Gasteiger partial charge on any atom is 0.280 e. The molecule has 1 saturated carbocycles. The van der Waals surface area contributed by atoms with Crippen molar-refractivity contribution >= 4 is 33.6 Å². The molecule has 0 bridgehead atoms. The van der Waals surface area contributed by atoms with E-state index in [4.69, 9.17) is 0 Å². The van der Waals surface area contributed by atoms with Crippen LogP contribution in [-0.4, -0.2) is 19.0 Å². The van der Waals surface area contributed by atoms with E-state index in [0.717, 1.165) is 43.1 Å². The highest BCUT2D eigenvalue weighted by Gasteiger charge is 2.43. The lowest BCUT2D eigenvalue weighted by Gasteiger charge is -2.32. The molecule has 0 radical (unpaired) electrons. The number of hydrogen-bond donors (Lipinski definition) is 2. The molecule has 5 rings (SSSR count). The molecule has 6 heteroatoms. The lowest BCUT2D eigenvalue weighted by molar-refractivity contribution is -0.928. The Morgan fingerprint density at radius 3 is 2.96 bits per heavy atom. The van der Waals surface area contributed by atoms with Crippen molar-refractivity contribution in [2.75, 3.05) is 18.4 Å². The minimum atomic E-state index is 0.0578. The number of quaternary nitrogens is 1. The van der Waals surface area contributed by atoms with Crippen molar-refractivity contribution in [3.8, 4) is 6.07 Å². The Bertz CT molecular complexity index is 950. The number of anilines is 1. The molecule has 0 aromatic carbocycles. The summed E-state index contributed by atoms with van der Waals surface area (Å²) in [5, 5.41) is 15.8. The van der Waals surface area contributed by atoms with Gasteiger partial charge in [0.1, 0.15) is 17.1 Å². The first-order valence-corrected chi connectivity index (χ1v) is 12.1. The molecule has 4 nitrogen and oxygen atoms in total. The van der Waals surface area contributed by atoms with Gasteiger partial charge in [-0.15, -0.1) is 22.7 Å². The number of nitrogens with zero attached hydrogens (tertiary/aromatic N) is 1. The Morgan fingerprint density at radius 1 is 1.32 bits per heavy atom. The first-order chi connectivity index (χ1) is 13.6. The van der Waals surface area contributed by atoms with E-state index >= 15 is 0 Å². The predicted molar refractivity (Wildman–Crippen MR) is 113 cm³/mol. The summed E-state index contributed by atoms with van der Waals surface area (Å²) >= 11 is 3.50. The third kappa shape index (κ3) is 3.30. The van der Waals surface area contributed by atoms with Gasteiger partial charge in [0, 0.05) is 27.7 Å². The third-order valence-corrected chi connectivity index (χ3v) is 8.75. The van der Waals surface area contributed by atoms with E-state index in [2.05, 4.69) is 29.8 Å². The molecule has 3 aliphatic rings. The largest absolute Gasteiger partial charge is 0.320 e. The molecule has 2 aromatic rings. The summed E-state index contributed by atoms with van der Waals surface area (Å²) < 4.78 is 0. The van der Waals surface area contributed by atoms with Gasteiger partial charge in [0.05, 0.1) is 12.1 Å². The van der Waals surface area contributed by atoms with Gasteiger partial charge >= 0.3 is 0 Å². The van der Waals surface area contributed by atoms with Crippen LogP contribution in [0.3, 0.4) is 0 Å². The van der Waals surface area contributed by atoms with Gasteiger partial charge in [-0.1, -0.05) is 6.92 Å². The molecule has 0 spiro atoms.